The molecule has 1 amide bonds. The van der Waals surface area contributed by atoms with Gasteiger partial charge in [-0.1, -0.05) is 15.9 Å². The Morgan fingerprint density at radius 1 is 1.50 bits per heavy atom. The van der Waals surface area contributed by atoms with Crippen LogP contribution in [0.1, 0.15) is 16.1 Å². The predicted octanol–water partition coefficient (Wildman–Crippen LogP) is 3.00. The van der Waals surface area contributed by atoms with Gasteiger partial charge in [-0.15, -0.1) is 0 Å². The lowest BCUT2D eigenvalue weighted by atomic mass is 10.2. The highest BCUT2D eigenvalue weighted by Gasteiger charge is 2.10. The fraction of sp³-hybridized carbons (Fsp3) is 0.0909. The average Bonchev–Trinajstić information content (AvgIpc) is 2.75. The quantitative estimate of drug-likeness (QED) is 0.920. The van der Waals surface area contributed by atoms with Gasteiger partial charge in [0.1, 0.15) is 6.26 Å². The summed E-state index contributed by atoms with van der Waals surface area (Å²) in [5, 5.41) is 2.76. The number of rotatable bonds is 2. The molecule has 1 N–H and O–H groups in total. The number of hydrogen-bond donors (Lipinski definition) is 1. The molecule has 1 aromatic heterocycles. The first-order chi connectivity index (χ1) is 7.66. The highest BCUT2D eigenvalue weighted by molar-refractivity contribution is 9.10. The van der Waals surface area contributed by atoms with Gasteiger partial charge in [0.05, 0.1) is 0 Å². The van der Waals surface area contributed by atoms with Crippen LogP contribution in [0.4, 0.5) is 5.69 Å². The molecule has 82 valence electrons. The molecule has 1 heterocycles. The van der Waals surface area contributed by atoms with Crippen molar-refractivity contribution in [3.05, 3.63) is 46.6 Å². The van der Waals surface area contributed by atoms with E-state index in [0.717, 1.165) is 15.7 Å². The van der Waals surface area contributed by atoms with Crippen LogP contribution in [-0.4, -0.2) is 10.9 Å². The van der Waals surface area contributed by atoms with E-state index in [-0.39, 0.29) is 11.6 Å². The summed E-state index contributed by atoms with van der Waals surface area (Å²) in [6, 6.07) is 5.63. The third kappa shape index (κ3) is 2.30. The van der Waals surface area contributed by atoms with Crippen LogP contribution in [0.3, 0.4) is 0 Å². The summed E-state index contributed by atoms with van der Waals surface area (Å²) < 4.78 is 5.72. The van der Waals surface area contributed by atoms with Gasteiger partial charge >= 0.3 is 0 Å². The Balaban J connectivity index is 2.18. The number of nitrogens with zero attached hydrogens (tertiary/aromatic N) is 1. The van der Waals surface area contributed by atoms with E-state index >= 15 is 0 Å². The maximum atomic E-state index is 11.7. The zero-order chi connectivity index (χ0) is 11.5. The molecule has 0 aliphatic carbocycles. The maximum absolute atomic E-state index is 11.7. The molecule has 0 fully saturated rings. The largest absolute Gasteiger partial charge is 0.451 e. The highest BCUT2D eigenvalue weighted by atomic mass is 79.9. The second-order valence-corrected chi connectivity index (χ2v) is 4.20. The summed E-state index contributed by atoms with van der Waals surface area (Å²) in [6.07, 6.45) is 2.53. The molecule has 0 radical (unpaired) electrons. The van der Waals surface area contributed by atoms with Crippen LogP contribution in [0.15, 0.2) is 39.7 Å². The second-order valence-electron chi connectivity index (χ2n) is 3.29. The first-order valence-electron chi connectivity index (χ1n) is 4.62. The van der Waals surface area contributed by atoms with Gasteiger partial charge in [0.25, 0.3) is 5.91 Å². The van der Waals surface area contributed by atoms with E-state index in [0.29, 0.717) is 0 Å². The van der Waals surface area contributed by atoms with Crippen molar-refractivity contribution >= 4 is 27.5 Å². The number of carbonyl (C=O) groups excluding carboxylic acids is 1. The molecule has 2 aromatic rings. The van der Waals surface area contributed by atoms with E-state index < -0.39 is 0 Å². The van der Waals surface area contributed by atoms with Crippen LogP contribution < -0.4 is 5.32 Å². The first kappa shape index (κ1) is 10.9. The Labute approximate surface area is 101 Å². The summed E-state index contributed by atoms with van der Waals surface area (Å²) in [4.78, 5) is 15.4. The third-order valence-electron chi connectivity index (χ3n) is 2.10. The standard InChI is InChI=1S/C11H9BrN2O2/c1-7-4-8(12)2-3-9(7)14-11(15)10-5-16-6-13-10/h2-6H,1H3,(H,14,15). The summed E-state index contributed by atoms with van der Waals surface area (Å²) in [5.41, 5.74) is 2.00. The van der Waals surface area contributed by atoms with Crippen molar-refractivity contribution < 1.29 is 9.21 Å². The Bertz CT molecular complexity index is 509. The molecule has 0 saturated carbocycles. The van der Waals surface area contributed by atoms with E-state index in [1.807, 2.05) is 25.1 Å². The SMILES string of the molecule is Cc1cc(Br)ccc1NC(=O)c1cocn1. The van der Waals surface area contributed by atoms with Gasteiger partial charge < -0.3 is 9.73 Å². The van der Waals surface area contributed by atoms with Crippen LogP contribution in [-0.2, 0) is 0 Å². The predicted molar refractivity (Wildman–Crippen MR) is 63.3 cm³/mol. The smallest absolute Gasteiger partial charge is 0.277 e. The molecule has 2 rings (SSSR count). The fourth-order valence-corrected chi connectivity index (χ4v) is 1.75. The Morgan fingerprint density at radius 2 is 2.31 bits per heavy atom. The van der Waals surface area contributed by atoms with Crippen molar-refractivity contribution in [2.75, 3.05) is 5.32 Å². The fourth-order valence-electron chi connectivity index (χ4n) is 1.28. The van der Waals surface area contributed by atoms with Gasteiger partial charge in [-0.2, -0.15) is 0 Å². The van der Waals surface area contributed by atoms with Gasteiger partial charge in [-0.25, -0.2) is 4.98 Å². The van der Waals surface area contributed by atoms with Gasteiger partial charge in [0.15, 0.2) is 12.1 Å². The van der Waals surface area contributed by atoms with Crippen molar-refractivity contribution in [1.82, 2.24) is 4.98 Å². The van der Waals surface area contributed by atoms with E-state index in [1.165, 1.54) is 12.7 Å². The number of aryl methyl sites for hydroxylation is 1. The minimum atomic E-state index is -0.279. The number of amides is 1. The van der Waals surface area contributed by atoms with Gasteiger partial charge in [0, 0.05) is 10.2 Å². The number of hydrogen-bond acceptors (Lipinski definition) is 3. The van der Waals surface area contributed by atoms with E-state index in [1.54, 1.807) is 0 Å². The molecule has 0 saturated heterocycles. The van der Waals surface area contributed by atoms with Crippen molar-refractivity contribution in [2.45, 2.75) is 6.92 Å². The van der Waals surface area contributed by atoms with Crippen LogP contribution in [0.5, 0.6) is 0 Å². The molecular formula is C11H9BrN2O2. The molecule has 5 heteroatoms. The van der Waals surface area contributed by atoms with Crippen LogP contribution >= 0.6 is 15.9 Å². The molecule has 4 nitrogen and oxygen atoms in total. The zero-order valence-corrected chi connectivity index (χ0v) is 10.1. The van der Waals surface area contributed by atoms with Crippen molar-refractivity contribution in [1.29, 1.82) is 0 Å². The lowest BCUT2D eigenvalue weighted by Crippen LogP contribution is -2.12. The number of benzene rings is 1. The summed E-state index contributed by atoms with van der Waals surface area (Å²) in [7, 11) is 0. The summed E-state index contributed by atoms with van der Waals surface area (Å²) in [6.45, 7) is 1.92. The molecule has 0 atom stereocenters. The molecule has 0 spiro atoms. The second kappa shape index (κ2) is 4.49. The topological polar surface area (TPSA) is 55.1 Å². The number of carbonyl (C=O) groups is 1. The van der Waals surface area contributed by atoms with E-state index in [9.17, 15) is 4.79 Å². The lowest BCUT2D eigenvalue weighted by molar-refractivity contribution is 0.102. The lowest BCUT2D eigenvalue weighted by Gasteiger charge is -2.06. The van der Waals surface area contributed by atoms with Crippen molar-refractivity contribution in [3.63, 3.8) is 0 Å². The molecule has 0 aliphatic heterocycles. The number of anilines is 1. The number of aromatic nitrogens is 1. The van der Waals surface area contributed by atoms with E-state index in [2.05, 4.69) is 26.2 Å². The Hall–Kier alpha value is -1.62. The Morgan fingerprint density at radius 3 is 2.94 bits per heavy atom. The van der Waals surface area contributed by atoms with Crippen molar-refractivity contribution in [2.24, 2.45) is 0 Å². The summed E-state index contributed by atoms with van der Waals surface area (Å²) in [5.74, 6) is -0.279. The molecular weight excluding hydrogens is 272 g/mol. The highest BCUT2D eigenvalue weighted by Crippen LogP contribution is 2.20. The van der Waals surface area contributed by atoms with Crippen LogP contribution in [0, 0.1) is 6.92 Å². The minimum absolute atomic E-state index is 0.266. The maximum Gasteiger partial charge on any atom is 0.277 e. The first-order valence-corrected chi connectivity index (χ1v) is 5.42. The molecule has 0 bridgehead atoms. The molecule has 1 aromatic carbocycles. The normalized spacial score (nSPS) is 10.1. The summed E-state index contributed by atoms with van der Waals surface area (Å²) >= 11 is 3.36. The van der Waals surface area contributed by atoms with Gasteiger partial charge in [-0.05, 0) is 30.7 Å². The van der Waals surface area contributed by atoms with Crippen LogP contribution in [0.2, 0.25) is 0 Å². The van der Waals surface area contributed by atoms with Gasteiger partial charge in [0.2, 0.25) is 0 Å². The number of oxazole rings is 1. The van der Waals surface area contributed by atoms with Crippen LogP contribution in [0.25, 0.3) is 0 Å². The van der Waals surface area contributed by atoms with Crippen molar-refractivity contribution in [3.8, 4) is 0 Å². The molecule has 0 unspecified atom stereocenters. The Kier molecular flexibility index (Phi) is 3.05. The van der Waals surface area contributed by atoms with E-state index in [4.69, 9.17) is 4.42 Å². The molecule has 16 heavy (non-hydrogen) atoms. The third-order valence-corrected chi connectivity index (χ3v) is 2.59. The zero-order valence-electron chi connectivity index (χ0n) is 8.53. The minimum Gasteiger partial charge on any atom is -0.451 e. The van der Waals surface area contributed by atoms with Gasteiger partial charge in [-0.3, -0.25) is 4.79 Å². The number of nitrogens with one attached hydrogen (secondary N) is 1. The average molecular weight is 281 g/mol. The molecule has 0 aliphatic rings. The monoisotopic (exact) mass is 280 g/mol. The number of halogens is 1.